The van der Waals surface area contributed by atoms with Crippen LogP contribution in [0, 0.1) is 0 Å². The zero-order chi connectivity index (χ0) is 18.4. The summed E-state index contributed by atoms with van der Waals surface area (Å²) in [6, 6.07) is 15.7. The number of nitrogens with one attached hydrogen (secondary N) is 1. The summed E-state index contributed by atoms with van der Waals surface area (Å²) in [5, 5.41) is 11.6. The average molecular weight is 373 g/mol. The molecule has 0 spiro atoms. The molecule has 0 aliphatic rings. The van der Waals surface area contributed by atoms with Crippen molar-refractivity contribution >= 4 is 28.5 Å². The van der Waals surface area contributed by atoms with Crippen molar-refractivity contribution in [2.45, 2.75) is 6.61 Å². The average Bonchev–Trinajstić information content (AvgIpc) is 3.10. The Bertz CT molecular complexity index is 914. The molecule has 26 heavy (non-hydrogen) atoms. The molecule has 2 aromatic carbocycles. The Balaban J connectivity index is 1.66. The van der Waals surface area contributed by atoms with Crippen LogP contribution in [0.3, 0.4) is 0 Å². The van der Waals surface area contributed by atoms with Gasteiger partial charge in [0.1, 0.15) is 10.8 Å². The topological polar surface area (TPSA) is 64.1 Å². The van der Waals surface area contributed by atoms with Gasteiger partial charge in [-0.1, -0.05) is 59.9 Å². The van der Waals surface area contributed by atoms with E-state index < -0.39 is 12.5 Å². The Labute approximate surface area is 152 Å². The van der Waals surface area contributed by atoms with E-state index in [1.807, 2.05) is 30.3 Å². The Kier molecular flexibility index (Phi) is 5.65. The molecule has 0 saturated heterocycles. The fraction of sp³-hybridized carbons (Fsp3) is 0.0556. The van der Waals surface area contributed by atoms with Gasteiger partial charge < -0.3 is 4.74 Å². The lowest BCUT2D eigenvalue weighted by Gasteiger charge is -2.07. The number of halogens is 2. The maximum atomic E-state index is 12.4. The predicted molar refractivity (Wildman–Crippen MR) is 96.1 cm³/mol. The van der Waals surface area contributed by atoms with Crippen molar-refractivity contribution in [3.05, 3.63) is 66.2 Å². The lowest BCUT2D eigenvalue weighted by molar-refractivity contribution is -0.111. The summed E-state index contributed by atoms with van der Waals surface area (Å²) >= 11 is 1.24. The number of para-hydroxylation sites is 1. The molecule has 0 fully saturated rings. The van der Waals surface area contributed by atoms with Crippen molar-refractivity contribution in [3.63, 3.8) is 0 Å². The van der Waals surface area contributed by atoms with Crippen molar-refractivity contribution in [2.24, 2.45) is 0 Å². The van der Waals surface area contributed by atoms with Crippen LogP contribution in [0.25, 0.3) is 16.6 Å². The van der Waals surface area contributed by atoms with Crippen LogP contribution in [-0.2, 0) is 4.79 Å². The number of carbonyl (C=O) groups is 1. The number of hydrogen-bond donors (Lipinski definition) is 1. The van der Waals surface area contributed by atoms with E-state index in [1.165, 1.54) is 29.6 Å². The predicted octanol–water partition coefficient (Wildman–Crippen LogP) is 4.46. The molecule has 0 radical (unpaired) electrons. The molecule has 0 unspecified atom stereocenters. The maximum absolute atomic E-state index is 12.4. The van der Waals surface area contributed by atoms with Gasteiger partial charge in [0.05, 0.1) is 0 Å². The van der Waals surface area contributed by atoms with E-state index >= 15 is 0 Å². The van der Waals surface area contributed by atoms with Gasteiger partial charge in [0.15, 0.2) is 0 Å². The van der Waals surface area contributed by atoms with E-state index in [9.17, 15) is 13.6 Å². The molecular formula is C18H13F2N3O2S. The summed E-state index contributed by atoms with van der Waals surface area (Å²) < 4.78 is 29.2. The van der Waals surface area contributed by atoms with Crippen LogP contribution in [0.4, 0.5) is 13.9 Å². The minimum absolute atomic E-state index is 0.00571. The first kappa shape index (κ1) is 17.7. The molecule has 132 valence electrons. The number of anilines is 1. The highest BCUT2D eigenvalue weighted by molar-refractivity contribution is 7.18. The van der Waals surface area contributed by atoms with Gasteiger partial charge in [-0.25, -0.2) is 0 Å². The molecule has 1 N–H and O–H groups in total. The number of aromatic nitrogens is 2. The number of nitrogens with zero attached hydrogens (tertiary/aromatic N) is 2. The van der Waals surface area contributed by atoms with Crippen LogP contribution in [0.15, 0.2) is 60.7 Å². The van der Waals surface area contributed by atoms with Crippen molar-refractivity contribution in [2.75, 3.05) is 5.32 Å². The van der Waals surface area contributed by atoms with E-state index in [2.05, 4.69) is 20.3 Å². The third kappa shape index (κ3) is 4.70. The van der Waals surface area contributed by atoms with Crippen molar-refractivity contribution in [1.29, 1.82) is 0 Å². The minimum atomic E-state index is -2.93. The fourth-order valence-corrected chi connectivity index (χ4v) is 2.86. The molecule has 1 heterocycles. The summed E-state index contributed by atoms with van der Waals surface area (Å²) in [5.41, 5.74) is 1.27. The van der Waals surface area contributed by atoms with Gasteiger partial charge in [-0.05, 0) is 12.1 Å². The Hall–Kier alpha value is -3.13. The summed E-state index contributed by atoms with van der Waals surface area (Å²) in [7, 11) is 0. The van der Waals surface area contributed by atoms with Gasteiger partial charge in [-0.2, -0.15) is 8.78 Å². The molecule has 3 aromatic rings. The van der Waals surface area contributed by atoms with Gasteiger partial charge in [0, 0.05) is 17.2 Å². The van der Waals surface area contributed by atoms with E-state index in [1.54, 1.807) is 18.2 Å². The minimum Gasteiger partial charge on any atom is -0.434 e. The van der Waals surface area contributed by atoms with Crippen LogP contribution < -0.4 is 10.1 Å². The smallest absolute Gasteiger partial charge is 0.387 e. The lowest BCUT2D eigenvalue weighted by Crippen LogP contribution is -2.07. The van der Waals surface area contributed by atoms with Gasteiger partial charge >= 0.3 is 6.61 Å². The number of rotatable bonds is 6. The standard InChI is InChI=1S/C18H13F2N3O2S/c19-17(20)25-14-9-5-4-6-12(14)10-11-15(24)21-18-23-22-16(26-18)13-7-2-1-3-8-13/h1-11,17H,(H,21,23,24)/b11-10+. The van der Waals surface area contributed by atoms with E-state index in [4.69, 9.17) is 0 Å². The van der Waals surface area contributed by atoms with Gasteiger partial charge in [0.25, 0.3) is 0 Å². The van der Waals surface area contributed by atoms with Gasteiger partial charge in [0.2, 0.25) is 11.0 Å². The van der Waals surface area contributed by atoms with Crippen LogP contribution in [-0.4, -0.2) is 22.7 Å². The van der Waals surface area contributed by atoms with Crippen molar-refractivity contribution in [1.82, 2.24) is 10.2 Å². The fourth-order valence-electron chi connectivity index (χ4n) is 2.11. The number of hydrogen-bond acceptors (Lipinski definition) is 5. The third-order valence-corrected chi connectivity index (χ3v) is 4.11. The first-order chi connectivity index (χ1) is 12.6. The zero-order valence-electron chi connectivity index (χ0n) is 13.3. The quantitative estimate of drug-likeness (QED) is 0.648. The highest BCUT2D eigenvalue weighted by atomic mass is 32.1. The molecule has 1 amide bonds. The second kappa shape index (κ2) is 8.30. The molecule has 0 aliphatic heterocycles. The Morgan fingerprint density at radius 3 is 2.58 bits per heavy atom. The second-order valence-electron chi connectivity index (χ2n) is 5.02. The molecule has 0 atom stereocenters. The maximum Gasteiger partial charge on any atom is 0.387 e. The summed E-state index contributed by atoms with van der Waals surface area (Å²) in [4.78, 5) is 12.0. The Morgan fingerprint density at radius 1 is 1.08 bits per heavy atom. The van der Waals surface area contributed by atoms with E-state index in [0.717, 1.165) is 5.56 Å². The third-order valence-electron chi connectivity index (χ3n) is 3.23. The molecule has 5 nitrogen and oxygen atoms in total. The highest BCUT2D eigenvalue weighted by Gasteiger charge is 2.09. The number of alkyl halides is 2. The number of carbonyl (C=O) groups excluding carboxylic acids is 1. The molecule has 0 bridgehead atoms. The largest absolute Gasteiger partial charge is 0.434 e. The molecular weight excluding hydrogens is 360 g/mol. The summed E-state index contributed by atoms with van der Waals surface area (Å²) in [6.45, 7) is -2.93. The number of benzene rings is 2. The first-order valence-electron chi connectivity index (χ1n) is 7.53. The molecule has 0 saturated carbocycles. The zero-order valence-corrected chi connectivity index (χ0v) is 14.1. The Morgan fingerprint density at radius 2 is 1.81 bits per heavy atom. The molecule has 1 aromatic heterocycles. The lowest BCUT2D eigenvalue weighted by atomic mass is 10.2. The highest BCUT2D eigenvalue weighted by Crippen LogP contribution is 2.26. The van der Waals surface area contributed by atoms with E-state index in [-0.39, 0.29) is 5.75 Å². The molecule has 8 heteroatoms. The molecule has 0 aliphatic carbocycles. The first-order valence-corrected chi connectivity index (χ1v) is 8.35. The van der Waals surface area contributed by atoms with Gasteiger partial charge in [-0.15, -0.1) is 10.2 Å². The van der Waals surface area contributed by atoms with Crippen LogP contribution >= 0.6 is 11.3 Å². The monoisotopic (exact) mass is 373 g/mol. The normalized spacial score (nSPS) is 11.0. The van der Waals surface area contributed by atoms with Crippen molar-refractivity contribution in [3.8, 4) is 16.3 Å². The van der Waals surface area contributed by atoms with Crippen LogP contribution in [0.2, 0.25) is 0 Å². The summed E-state index contributed by atoms with van der Waals surface area (Å²) in [5.74, 6) is -0.457. The number of amides is 1. The summed E-state index contributed by atoms with van der Waals surface area (Å²) in [6.07, 6.45) is 2.61. The van der Waals surface area contributed by atoms with E-state index in [0.29, 0.717) is 15.7 Å². The van der Waals surface area contributed by atoms with Crippen LogP contribution in [0.1, 0.15) is 5.56 Å². The SMILES string of the molecule is O=C(/C=C/c1ccccc1OC(F)F)Nc1nnc(-c2ccccc2)s1. The van der Waals surface area contributed by atoms with Crippen molar-refractivity contribution < 1.29 is 18.3 Å². The van der Waals surface area contributed by atoms with Gasteiger partial charge in [-0.3, -0.25) is 10.1 Å². The van der Waals surface area contributed by atoms with Crippen LogP contribution in [0.5, 0.6) is 5.75 Å². The molecule has 3 rings (SSSR count). The second-order valence-corrected chi connectivity index (χ2v) is 5.99. The number of ether oxygens (including phenoxy) is 1.